The van der Waals surface area contributed by atoms with Crippen molar-refractivity contribution >= 4 is 23.2 Å². The van der Waals surface area contributed by atoms with Crippen LogP contribution in [-0.4, -0.2) is 18.4 Å². The lowest BCUT2D eigenvalue weighted by Gasteiger charge is -2.20. The van der Waals surface area contributed by atoms with Crippen molar-refractivity contribution < 1.29 is 27.5 Å². The van der Waals surface area contributed by atoms with E-state index in [0.29, 0.717) is 11.8 Å². The van der Waals surface area contributed by atoms with Crippen LogP contribution in [0.15, 0.2) is 30.3 Å². The first kappa shape index (κ1) is 14.9. The van der Waals surface area contributed by atoms with Crippen LogP contribution in [0, 0.1) is 17.5 Å². The fourth-order valence-electron chi connectivity index (χ4n) is 2.11. The number of ether oxygens (including phenoxy) is 1. The molecule has 0 aliphatic carbocycles. The van der Waals surface area contributed by atoms with Gasteiger partial charge in [-0.05, 0) is 24.3 Å². The molecule has 0 radical (unpaired) electrons. The van der Waals surface area contributed by atoms with Crippen molar-refractivity contribution in [1.82, 2.24) is 0 Å². The van der Waals surface area contributed by atoms with Crippen LogP contribution in [0.25, 0.3) is 0 Å². The summed E-state index contributed by atoms with van der Waals surface area (Å²) in [4.78, 5) is 23.5. The van der Waals surface area contributed by atoms with Gasteiger partial charge in [0.2, 0.25) is 0 Å². The molecule has 0 bridgehead atoms. The molecule has 0 saturated carbocycles. The smallest absolute Gasteiger partial charge is 0.262 e. The van der Waals surface area contributed by atoms with Crippen molar-refractivity contribution in [2.45, 2.75) is 0 Å². The van der Waals surface area contributed by atoms with Crippen LogP contribution in [0.2, 0.25) is 0 Å². The van der Waals surface area contributed by atoms with Gasteiger partial charge in [-0.1, -0.05) is 6.07 Å². The number of hydrogen-bond acceptors (Lipinski definition) is 3. The van der Waals surface area contributed by atoms with Crippen LogP contribution in [0.4, 0.5) is 24.5 Å². The molecular weight excluding hydrogens is 313 g/mol. The summed E-state index contributed by atoms with van der Waals surface area (Å²) in [5.41, 5.74) is -0.197. The van der Waals surface area contributed by atoms with Crippen molar-refractivity contribution in [3.8, 4) is 5.75 Å². The molecule has 1 heterocycles. The highest BCUT2D eigenvalue weighted by Gasteiger charge is 2.23. The number of nitrogens with one attached hydrogen (secondary N) is 2. The highest BCUT2D eigenvalue weighted by molar-refractivity contribution is 6.09. The second-order valence-electron chi connectivity index (χ2n) is 4.70. The first-order valence-electron chi connectivity index (χ1n) is 6.48. The summed E-state index contributed by atoms with van der Waals surface area (Å²) in [5, 5.41) is 4.66. The van der Waals surface area contributed by atoms with E-state index >= 15 is 0 Å². The second kappa shape index (κ2) is 5.64. The average molecular weight is 322 g/mol. The Bertz CT molecular complexity index is 824. The van der Waals surface area contributed by atoms with Crippen molar-refractivity contribution in [2.24, 2.45) is 0 Å². The summed E-state index contributed by atoms with van der Waals surface area (Å²) in [5.74, 6) is -5.58. The minimum atomic E-state index is -1.68. The summed E-state index contributed by atoms with van der Waals surface area (Å²) < 4.78 is 44.9. The summed E-state index contributed by atoms with van der Waals surface area (Å²) in [6, 6.07) is 6.02. The lowest BCUT2D eigenvalue weighted by atomic mass is 10.1. The highest BCUT2D eigenvalue weighted by Crippen LogP contribution is 2.32. The first-order valence-corrected chi connectivity index (χ1v) is 6.48. The standard InChI is InChI=1S/C15H9F3N2O3/c16-8-4-5-9(13(18)12(8)17)20-15(22)7-2-1-3-10-14(7)23-6-11(21)19-10/h1-5H,6H2,(H,19,21)(H,20,22). The number of anilines is 2. The normalized spacial score (nSPS) is 12.9. The van der Waals surface area contributed by atoms with Gasteiger partial charge in [-0.2, -0.15) is 0 Å². The van der Waals surface area contributed by atoms with E-state index in [0.717, 1.165) is 6.07 Å². The SMILES string of the molecule is O=C1COc2c(cccc2C(=O)Nc2ccc(F)c(F)c2F)N1. The van der Waals surface area contributed by atoms with Crippen LogP contribution in [0.3, 0.4) is 0 Å². The summed E-state index contributed by atoms with van der Waals surface area (Å²) in [6.45, 7) is -0.267. The fourth-order valence-corrected chi connectivity index (χ4v) is 2.11. The molecule has 1 aliphatic rings. The van der Waals surface area contributed by atoms with E-state index in [2.05, 4.69) is 10.6 Å². The van der Waals surface area contributed by atoms with Crippen molar-refractivity contribution in [1.29, 1.82) is 0 Å². The zero-order valence-electron chi connectivity index (χ0n) is 11.5. The Morgan fingerprint density at radius 2 is 1.91 bits per heavy atom. The number of amides is 2. The number of carbonyl (C=O) groups excluding carboxylic acids is 2. The van der Waals surface area contributed by atoms with E-state index < -0.39 is 29.0 Å². The molecule has 2 aromatic rings. The summed E-state index contributed by atoms with van der Waals surface area (Å²) in [7, 11) is 0. The maximum Gasteiger partial charge on any atom is 0.262 e. The predicted molar refractivity (Wildman–Crippen MR) is 74.8 cm³/mol. The minimum Gasteiger partial charge on any atom is -0.481 e. The molecule has 0 saturated heterocycles. The highest BCUT2D eigenvalue weighted by atomic mass is 19.2. The van der Waals surface area contributed by atoms with Gasteiger partial charge in [0.05, 0.1) is 16.9 Å². The molecule has 0 aromatic heterocycles. The third-order valence-corrected chi connectivity index (χ3v) is 3.16. The topological polar surface area (TPSA) is 67.4 Å². The number of halogens is 3. The van der Waals surface area contributed by atoms with E-state index in [9.17, 15) is 22.8 Å². The molecular formula is C15H9F3N2O3. The lowest BCUT2D eigenvalue weighted by molar-refractivity contribution is -0.118. The maximum atomic E-state index is 13.6. The van der Waals surface area contributed by atoms with E-state index in [4.69, 9.17) is 4.74 Å². The third kappa shape index (κ3) is 2.70. The number of para-hydroxylation sites is 1. The van der Waals surface area contributed by atoms with Crippen molar-refractivity contribution in [2.75, 3.05) is 17.2 Å². The van der Waals surface area contributed by atoms with Gasteiger partial charge in [-0.15, -0.1) is 0 Å². The number of carbonyl (C=O) groups is 2. The molecule has 0 fully saturated rings. The van der Waals surface area contributed by atoms with E-state index in [1.807, 2.05) is 0 Å². The number of hydrogen-bond donors (Lipinski definition) is 2. The largest absolute Gasteiger partial charge is 0.481 e. The molecule has 0 atom stereocenters. The summed E-state index contributed by atoms with van der Waals surface area (Å²) >= 11 is 0. The van der Waals surface area contributed by atoms with E-state index in [1.165, 1.54) is 18.2 Å². The molecule has 0 unspecified atom stereocenters. The van der Waals surface area contributed by atoms with Gasteiger partial charge >= 0.3 is 0 Å². The minimum absolute atomic E-state index is 0.0200. The van der Waals surface area contributed by atoms with Crippen LogP contribution >= 0.6 is 0 Å². The number of benzene rings is 2. The monoisotopic (exact) mass is 322 g/mol. The molecule has 2 amide bonds. The van der Waals surface area contributed by atoms with Gasteiger partial charge in [0, 0.05) is 0 Å². The molecule has 2 aromatic carbocycles. The first-order chi connectivity index (χ1) is 11.0. The molecule has 2 N–H and O–H groups in total. The lowest BCUT2D eigenvalue weighted by Crippen LogP contribution is -2.27. The molecule has 8 heteroatoms. The van der Waals surface area contributed by atoms with Gasteiger partial charge in [-0.25, -0.2) is 13.2 Å². The van der Waals surface area contributed by atoms with E-state index in [-0.39, 0.29) is 23.8 Å². The molecule has 118 valence electrons. The Morgan fingerprint density at radius 3 is 2.70 bits per heavy atom. The quantitative estimate of drug-likeness (QED) is 0.836. The summed E-state index contributed by atoms with van der Waals surface area (Å²) in [6.07, 6.45) is 0. The maximum absolute atomic E-state index is 13.6. The number of fused-ring (bicyclic) bond motifs is 1. The number of rotatable bonds is 2. The van der Waals surface area contributed by atoms with Gasteiger partial charge in [0.1, 0.15) is 0 Å². The van der Waals surface area contributed by atoms with Crippen LogP contribution in [0.5, 0.6) is 5.75 Å². The molecule has 1 aliphatic heterocycles. The second-order valence-corrected chi connectivity index (χ2v) is 4.70. The van der Waals surface area contributed by atoms with Gasteiger partial charge < -0.3 is 15.4 Å². The third-order valence-electron chi connectivity index (χ3n) is 3.16. The Labute approximate surface area is 128 Å². The Balaban J connectivity index is 1.92. The molecule has 23 heavy (non-hydrogen) atoms. The Hall–Kier alpha value is -3.03. The zero-order valence-corrected chi connectivity index (χ0v) is 11.5. The predicted octanol–water partition coefficient (Wildman–Crippen LogP) is 2.69. The molecule has 3 rings (SSSR count). The Morgan fingerprint density at radius 1 is 1.13 bits per heavy atom. The van der Waals surface area contributed by atoms with Crippen LogP contribution in [-0.2, 0) is 4.79 Å². The fraction of sp³-hybridized carbons (Fsp3) is 0.0667. The van der Waals surface area contributed by atoms with Gasteiger partial charge in [0.25, 0.3) is 11.8 Å². The van der Waals surface area contributed by atoms with Crippen molar-refractivity contribution in [3.05, 3.63) is 53.3 Å². The van der Waals surface area contributed by atoms with Gasteiger partial charge in [-0.3, -0.25) is 9.59 Å². The molecule has 5 nitrogen and oxygen atoms in total. The Kier molecular flexibility index (Phi) is 3.65. The average Bonchev–Trinajstić information content (AvgIpc) is 2.54. The van der Waals surface area contributed by atoms with Crippen molar-refractivity contribution in [3.63, 3.8) is 0 Å². The van der Waals surface area contributed by atoms with Gasteiger partial charge in [0.15, 0.2) is 29.8 Å². The molecule has 0 spiro atoms. The zero-order chi connectivity index (χ0) is 16.6. The van der Waals surface area contributed by atoms with Crippen LogP contribution < -0.4 is 15.4 Å². The van der Waals surface area contributed by atoms with E-state index in [1.54, 1.807) is 0 Å². The van der Waals surface area contributed by atoms with Crippen LogP contribution in [0.1, 0.15) is 10.4 Å².